The third-order valence-electron chi connectivity index (χ3n) is 2.96. The second-order valence-electron chi connectivity index (χ2n) is 5.07. The van der Waals surface area contributed by atoms with Crippen LogP contribution in [0.15, 0.2) is 24.3 Å². The lowest BCUT2D eigenvalue weighted by atomic mass is 10.0. The van der Waals surface area contributed by atoms with E-state index >= 15 is 0 Å². The van der Waals surface area contributed by atoms with Gasteiger partial charge in [0.1, 0.15) is 0 Å². The molecule has 0 aliphatic heterocycles. The van der Waals surface area contributed by atoms with E-state index in [1.54, 1.807) is 0 Å². The molecule has 4 heteroatoms. The molecule has 0 saturated carbocycles. The average Bonchev–Trinajstić information content (AvgIpc) is 2.36. The van der Waals surface area contributed by atoms with Crippen molar-refractivity contribution in [3.8, 4) is 0 Å². The summed E-state index contributed by atoms with van der Waals surface area (Å²) in [5.74, 6) is -0.200. The molecular weight excluding hydrogens is 240 g/mol. The van der Waals surface area contributed by atoms with E-state index in [9.17, 15) is 4.79 Å². The second-order valence-corrected chi connectivity index (χ2v) is 5.07. The number of nitrogens with one attached hydrogen (secondary N) is 1. The monoisotopic (exact) mass is 264 g/mol. The molecule has 106 valence electrons. The van der Waals surface area contributed by atoms with Crippen molar-refractivity contribution < 1.29 is 9.53 Å². The van der Waals surface area contributed by atoms with Crippen LogP contribution >= 0.6 is 0 Å². The summed E-state index contributed by atoms with van der Waals surface area (Å²) in [6.07, 6.45) is 0.330. The van der Waals surface area contributed by atoms with Gasteiger partial charge in [-0.3, -0.25) is 4.79 Å². The summed E-state index contributed by atoms with van der Waals surface area (Å²) in [5.41, 5.74) is 2.18. The number of hydrogen-bond acceptors (Lipinski definition) is 4. The van der Waals surface area contributed by atoms with Gasteiger partial charge in [0.15, 0.2) is 0 Å². The highest BCUT2D eigenvalue weighted by molar-refractivity contribution is 5.72. The summed E-state index contributed by atoms with van der Waals surface area (Å²) in [6.45, 7) is 3.91. The van der Waals surface area contributed by atoms with Crippen molar-refractivity contribution in [1.29, 1.82) is 0 Å². The molecule has 19 heavy (non-hydrogen) atoms. The van der Waals surface area contributed by atoms with Gasteiger partial charge in [0.25, 0.3) is 0 Å². The van der Waals surface area contributed by atoms with E-state index in [1.165, 1.54) is 7.11 Å². The van der Waals surface area contributed by atoms with Gasteiger partial charge in [0.2, 0.25) is 0 Å². The number of rotatable bonds is 7. The Labute approximate surface area is 115 Å². The van der Waals surface area contributed by atoms with Crippen LogP contribution in [0.2, 0.25) is 0 Å². The number of nitrogens with zero attached hydrogens (tertiary/aromatic N) is 1. The molecule has 0 saturated heterocycles. The summed E-state index contributed by atoms with van der Waals surface area (Å²) >= 11 is 0. The molecule has 0 spiro atoms. The predicted molar refractivity (Wildman–Crippen MR) is 77.0 cm³/mol. The molecule has 1 atom stereocenters. The van der Waals surface area contributed by atoms with E-state index in [2.05, 4.69) is 31.2 Å². The highest BCUT2D eigenvalue weighted by Gasteiger charge is 2.09. The van der Waals surface area contributed by atoms with Gasteiger partial charge in [-0.2, -0.15) is 0 Å². The molecule has 4 nitrogen and oxygen atoms in total. The van der Waals surface area contributed by atoms with Gasteiger partial charge in [0, 0.05) is 19.1 Å². The molecule has 1 aromatic rings. The number of hydrogen-bond donors (Lipinski definition) is 1. The molecule has 0 aliphatic carbocycles. The zero-order valence-corrected chi connectivity index (χ0v) is 12.3. The molecule has 0 bridgehead atoms. The highest BCUT2D eigenvalue weighted by atomic mass is 16.5. The fourth-order valence-corrected chi connectivity index (χ4v) is 2.03. The maximum atomic E-state index is 11.4. The Balaban J connectivity index is 2.60. The topological polar surface area (TPSA) is 41.6 Å². The molecule has 0 aliphatic rings. The van der Waals surface area contributed by atoms with Gasteiger partial charge in [-0.25, -0.2) is 0 Å². The maximum Gasteiger partial charge on any atom is 0.309 e. The van der Waals surface area contributed by atoms with Gasteiger partial charge >= 0.3 is 5.97 Å². The van der Waals surface area contributed by atoms with Gasteiger partial charge < -0.3 is 15.0 Å². The van der Waals surface area contributed by atoms with E-state index in [1.807, 2.05) is 24.3 Å². The third-order valence-corrected chi connectivity index (χ3v) is 2.96. The Kier molecular flexibility index (Phi) is 6.53. The fraction of sp³-hybridized carbons (Fsp3) is 0.533. The minimum Gasteiger partial charge on any atom is -0.469 e. The first-order chi connectivity index (χ1) is 9.02. The normalized spacial score (nSPS) is 12.5. The fourth-order valence-electron chi connectivity index (χ4n) is 2.03. The molecule has 1 aromatic carbocycles. The molecule has 0 fully saturated rings. The van der Waals surface area contributed by atoms with Crippen molar-refractivity contribution in [3.63, 3.8) is 0 Å². The van der Waals surface area contributed by atoms with Crippen molar-refractivity contribution in [2.45, 2.75) is 25.9 Å². The van der Waals surface area contributed by atoms with Crippen LogP contribution in [-0.4, -0.2) is 44.7 Å². The van der Waals surface area contributed by atoms with E-state index in [4.69, 9.17) is 4.74 Å². The second kappa shape index (κ2) is 7.92. The number of carbonyl (C=O) groups is 1. The minimum atomic E-state index is -0.200. The van der Waals surface area contributed by atoms with E-state index in [0.717, 1.165) is 24.2 Å². The number of carbonyl (C=O) groups excluding carboxylic acids is 1. The molecule has 0 radical (unpaired) electrons. The van der Waals surface area contributed by atoms with Crippen LogP contribution in [0, 0.1) is 0 Å². The number of ether oxygens (including phenoxy) is 1. The first kappa shape index (κ1) is 15.7. The molecule has 0 amide bonds. The van der Waals surface area contributed by atoms with Crippen molar-refractivity contribution >= 4 is 5.97 Å². The van der Waals surface area contributed by atoms with Crippen molar-refractivity contribution in [3.05, 3.63) is 35.4 Å². The van der Waals surface area contributed by atoms with Crippen LogP contribution in [-0.2, 0) is 22.5 Å². The molecule has 1 rings (SSSR count). The predicted octanol–water partition coefficient (Wildman–Crippen LogP) is 1.44. The Morgan fingerprint density at radius 2 is 1.95 bits per heavy atom. The van der Waals surface area contributed by atoms with E-state index in [-0.39, 0.29) is 5.97 Å². The van der Waals surface area contributed by atoms with Gasteiger partial charge in [-0.1, -0.05) is 24.3 Å². The Morgan fingerprint density at radius 1 is 1.32 bits per heavy atom. The summed E-state index contributed by atoms with van der Waals surface area (Å²) in [5, 5.41) is 3.47. The van der Waals surface area contributed by atoms with Crippen molar-refractivity contribution in [2.24, 2.45) is 0 Å². The third kappa shape index (κ3) is 5.85. The maximum absolute atomic E-state index is 11.4. The van der Waals surface area contributed by atoms with Crippen molar-refractivity contribution in [1.82, 2.24) is 10.2 Å². The SMILES string of the molecule is COC(=O)Cc1ccccc1CNC(C)CN(C)C. The standard InChI is InChI=1S/C15H24N2O2/c1-12(11-17(2)3)16-10-14-8-6-5-7-13(14)9-15(18)19-4/h5-8,12,16H,9-11H2,1-4H3. The van der Waals surface area contributed by atoms with Crippen LogP contribution in [0.4, 0.5) is 0 Å². The van der Waals surface area contributed by atoms with Crippen LogP contribution in [0.3, 0.4) is 0 Å². The quantitative estimate of drug-likeness (QED) is 0.757. The molecular formula is C15H24N2O2. The van der Waals surface area contributed by atoms with Crippen LogP contribution in [0.5, 0.6) is 0 Å². The van der Waals surface area contributed by atoms with Gasteiger partial charge in [-0.15, -0.1) is 0 Å². The summed E-state index contributed by atoms with van der Waals surface area (Å²) in [4.78, 5) is 13.5. The van der Waals surface area contributed by atoms with Gasteiger partial charge in [-0.05, 0) is 32.1 Å². The summed E-state index contributed by atoms with van der Waals surface area (Å²) < 4.78 is 4.72. The molecule has 1 unspecified atom stereocenters. The van der Waals surface area contributed by atoms with Gasteiger partial charge in [0.05, 0.1) is 13.5 Å². The number of benzene rings is 1. The number of methoxy groups -OCH3 is 1. The molecule has 0 heterocycles. The smallest absolute Gasteiger partial charge is 0.309 e. The summed E-state index contributed by atoms with van der Waals surface area (Å²) in [6, 6.07) is 8.37. The molecule has 1 N–H and O–H groups in total. The molecule has 0 aromatic heterocycles. The minimum absolute atomic E-state index is 0.200. The number of esters is 1. The van der Waals surface area contributed by atoms with Crippen molar-refractivity contribution in [2.75, 3.05) is 27.7 Å². The average molecular weight is 264 g/mol. The zero-order chi connectivity index (χ0) is 14.3. The van der Waals surface area contributed by atoms with E-state index in [0.29, 0.717) is 12.5 Å². The van der Waals surface area contributed by atoms with Crippen LogP contribution < -0.4 is 5.32 Å². The lowest BCUT2D eigenvalue weighted by Gasteiger charge is -2.19. The first-order valence-electron chi connectivity index (χ1n) is 6.54. The Morgan fingerprint density at radius 3 is 2.53 bits per heavy atom. The summed E-state index contributed by atoms with van der Waals surface area (Å²) in [7, 11) is 5.54. The largest absolute Gasteiger partial charge is 0.469 e. The number of likely N-dealkylation sites (N-methyl/N-ethyl adjacent to an activating group) is 1. The Hall–Kier alpha value is -1.39. The van der Waals surface area contributed by atoms with Crippen LogP contribution in [0.1, 0.15) is 18.1 Å². The van der Waals surface area contributed by atoms with Crippen LogP contribution in [0.25, 0.3) is 0 Å². The lowest BCUT2D eigenvalue weighted by Crippen LogP contribution is -2.35. The zero-order valence-electron chi connectivity index (χ0n) is 12.3. The highest BCUT2D eigenvalue weighted by Crippen LogP contribution is 2.10. The van der Waals surface area contributed by atoms with E-state index < -0.39 is 0 Å². The lowest BCUT2D eigenvalue weighted by molar-refractivity contribution is -0.139. The Bertz CT molecular complexity index is 405. The first-order valence-corrected chi connectivity index (χ1v) is 6.54.